The van der Waals surface area contributed by atoms with E-state index in [0.717, 1.165) is 109 Å². The number of aromatic nitrogens is 10. The van der Waals surface area contributed by atoms with Crippen molar-refractivity contribution < 1.29 is 32.1 Å². The van der Waals surface area contributed by atoms with Gasteiger partial charge in [0.2, 0.25) is 0 Å². The van der Waals surface area contributed by atoms with Crippen molar-refractivity contribution >= 4 is 104 Å². The van der Waals surface area contributed by atoms with Crippen molar-refractivity contribution in [1.29, 1.82) is 0 Å². The number of nitrogens with zero attached hydrogens (tertiary/aromatic N) is 23. The first kappa shape index (κ1) is 97.9. The van der Waals surface area contributed by atoms with Crippen LogP contribution in [0.15, 0.2) is 326 Å². The Morgan fingerprint density at radius 2 is 0.629 bits per heavy atom. The number of nitrogens with two attached hydrogens (primary N) is 2. The molecule has 6 N–H and O–H groups in total. The molecule has 116 heavy (non-hydrogen) atoms. The lowest BCUT2D eigenvalue weighted by molar-refractivity contribution is -0.671. The van der Waals surface area contributed by atoms with Gasteiger partial charge in [0.05, 0.1) is 137 Å². The first-order chi connectivity index (χ1) is 53.0. The second-order valence-electron chi connectivity index (χ2n) is 25.3. The average Bonchev–Trinajstić information content (AvgIpc) is 1.63. The minimum Gasteiger partial charge on any atom is -0.497 e. The molecule has 0 spiro atoms. The summed E-state index contributed by atoms with van der Waals surface area (Å²) in [6.07, 6.45) is 27.2. The molecule has 0 atom stereocenters. The number of para-hydroxylation sites is 1. The van der Waals surface area contributed by atoms with Crippen molar-refractivity contribution in [3.8, 4) is 5.75 Å². The quantitative estimate of drug-likeness (QED) is 0.0198. The van der Waals surface area contributed by atoms with Crippen LogP contribution in [0.1, 0.15) is 55.7 Å². The molecule has 6 aromatic heterocycles. The van der Waals surface area contributed by atoms with Crippen LogP contribution in [0.3, 0.4) is 0 Å². The molecule has 0 bridgehead atoms. The number of azo groups is 4. The smallest absolute Gasteiger partial charge is 0.421 e. The van der Waals surface area contributed by atoms with Crippen LogP contribution in [0, 0.1) is 0 Å². The van der Waals surface area contributed by atoms with E-state index < -0.39 is 0 Å². The van der Waals surface area contributed by atoms with Gasteiger partial charge in [0.1, 0.15) is 42.6 Å². The average molecular weight is 1580 g/mol. The second-order valence-corrected chi connectivity index (χ2v) is 25.3. The van der Waals surface area contributed by atoms with E-state index in [9.17, 15) is 0 Å². The third-order valence-electron chi connectivity index (χ3n) is 16.4. The van der Waals surface area contributed by atoms with Crippen LogP contribution < -0.4 is 69.2 Å². The number of hydrogen-bond acceptors (Lipinski definition) is 18. The lowest BCUT2D eigenvalue weighted by Gasteiger charge is -2.12. The Hall–Kier alpha value is -14.2. The Morgan fingerprint density at radius 1 is 0.345 bits per heavy atom. The molecule has 28 heteroatoms. The van der Waals surface area contributed by atoms with Gasteiger partial charge in [-0.1, -0.05) is 83.2 Å². The molecule has 0 saturated carbocycles. The standard InChI is InChI=1S/C17H18N6.C15H18N3O.C14H16N3.C13H18N5.C12H15N5.C11H13N5.6CH4/c1-22-11-12-23(2)17(22)21-20-16-9-7-15(8-10-16)19-14-5-3-13(18)4-6-14;1-17-10-8-13(9-11-17)12-16-18(2)14-4-6-15(19-3)7-5-14;1-16-10-8-13(9-11-16)12-15-17(2)14-6-4-3-5-7-14;1-16(2)12-7-5-11(6-8-12)14-15-13-17(3)9-10-18(13)4;1-13-10-4-6-11(7-5-10)14-15-12-16(2)8-9-17(12)3;1-15-7-8-16(2)11(15)14-13-10-5-3-9(12)4-6-10;;;;;;/h3-12H,1-2H3,(H2,18,20);4-12H,1-3H3;3-12H,1-2H3;5-10H,1-4H3;4-9H,1-3H3;3-8,12H,1-2H3;6*1H4/q;3*+1;;;;;;;;/p+3. The van der Waals surface area contributed by atoms with Crippen LogP contribution in [-0.4, -0.2) is 73.0 Å². The van der Waals surface area contributed by atoms with Crippen molar-refractivity contribution in [3.05, 3.63) is 286 Å². The van der Waals surface area contributed by atoms with Gasteiger partial charge in [-0.25, -0.2) is 45.7 Å². The summed E-state index contributed by atoms with van der Waals surface area (Å²) >= 11 is 0. The number of benzene rings is 7. The van der Waals surface area contributed by atoms with E-state index in [1.54, 1.807) is 19.2 Å². The Labute approximate surface area is 688 Å². The number of nitrogen functional groups attached to an aromatic ring is 2. The van der Waals surface area contributed by atoms with E-state index in [0.29, 0.717) is 0 Å². The fraction of sp³-hybridized carbons (Fsp3) is 0.250. The number of imidazole rings is 4. The van der Waals surface area contributed by atoms with E-state index in [-0.39, 0.29) is 44.6 Å². The first-order valence-corrected chi connectivity index (χ1v) is 35.0. The highest BCUT2D eigenvalue weighted by Crippen LogP contribution is 2.25. The van der Waals surface area contributed by atoms with Gasteiger partial charge in [-0.15, -0.1) is 0 Å². The van der Waals surface area contributed by atoms with Gasteiger partial charge in [-0.05, 0) is 158 Å². The van der Waals surface area contributed by atoms with Gasteiger partial charge in [0.15, 0.2) is 24.8 Å². The van der Waals surface area contributed by atoms with E-state index in [2.05, 4.69) is 66.7 Å². The highest BCUT2D eigenvalue weighted by Gasteiger charge is 2.14. The molecule has 0 radical (unpaired) electrons. The van der Waals surface area contributed by atoms with Crippen LogP contribution >= 0.6 is 0 Å². The molecule has 0 amide bonds. The molecule has 612 valence electrons. The maximum atomic E-state index is 5.68. The summed E-state index contributed by atoms with van der Waals surface area (Å²) in [4.78, 5) is 2.05. The SMILES string of the molecule is C.C.C.C.C.C.CN(C)c1ccc(N=Nc2n(C)cc[n+]2C)cc1.CN(N=Cc1cc[n+](C)cc1)c1ccccc1.CNc1ccc(N=Nc2n(C)cc[n+]2C)cc1.COc1ccc(N(C)N=Cc2cc[n+](C)cc2)cc1.Cn1cc[n+](C)c1N=Nc1ccc(N)cc1.Cn1cc[n+](C)c1N=Nc1ccc(Nc2ccc(N)cc2)cc1. The zero-order valence-electron chi connectivity index (χ0n) is 65.5. The van der Waals surface area contributed by atoms with Gasteiger partial charge < -0.3 is 31.7 Å². The molecule has 0 unspecified atom stereocenters. The number of hydrazone groups is 2. The van der Waals surface area contributed by atoms with Crippen LogP contribution in [0.2, 0.25) is 0 Å². The number of nitrogens with one attached hydrogen (secondary N) is 2. The maximum absolute atomic E-state index is 5.68. The fourth-order valence-electron chi connectivity index (χ4n) is 9.78. The number of pyridine rings is 2. The highest BCUT2D eigenvalue weighted by atomic mass is 16.5. The van der Waals surface area contributed by atoms with Crippen molar-refractivity contribution in [3.63, 3.8) is 0 Å². The lowest BCUT2D eigenvalue weighted by Crippen LogP contribution is -2.25. The monoisotopic (exact) mass is 1580 g/mol. The predicted octanol–water partition coefficient (Wildman–Crippen LogP) is 17.9. The lowest BCUT2D eigenvalue weighted by atomic mass is 10.2. The minimum atomic E-state index is 0. The normalized spacial score (nSPS) is 10.4. The summed E-state index contributed by atoms with van der Waals surface area (Å²) in [5.74, 6) is 4.04. The number of ether oxygens (including phenoxy) is 1. The minimum absolute atomic E-state index is 0. The molecule has 6 heterocycles. The van der Waals surface area contributed by atoms with Gasteiger partial charge in [0.25, 0.3) is 0 Å². The second kappa shape index (κ2) is 49.9. The summed E-state index contributed by atoms with van der Waals surface area (Å²) in [5.41, 5.74) is 24.4. The van der Waals surface area contributed by atoms with Crippen molar-refractivity contribution in [2.24, 2.45) is 122 Å². The third-order valence-corrected chi connectivity index (χ3v) is 16.4. The molecular weight excluding hydrogens is 1450 g/mol. The molecule has 13 aromatic rings. The van der Waals surface area contributed by atoms with Crippen LogP contribution in [0.25, 0.3) is 0 Å². The summed E-state index contributed by atoms with van der Waals surface area (Å²) in [6.45, 7) is 0. The summed E-state index contributed by atoms with van der Waals surface area (Å²) in [7, 11) is 30.9. The molecule has 0 aliphatic rings. The maximum Gasteiger partial charge on any atom is 0.421 e. The van der Waals surface area contributed by atoms with Gasteiger partial charge in [0, 0.05) is 125 Å². The van der Waals surface area contributed by atoms with Crippen LogP contribution in [0.5, 0.6) is 5.75 Å². The molecule has 13 rings (SSSR count). The van der Waals surface area contributed by atoms with E-state index >= 15 is 0 Å². The van der Waals surface area contributed by atoms with Crippen molar-refractivity contribution in [2.75, 3.05) is 79.4 Å². The molecular formula is C88H125N27O+6. The zero-order valence-corrected chi connectivity index (χ0v) is 65.5. The predicted molar refractivity (Wildman–Crippen MR) is 478 cm³/mol. The number of hydrogen-bond donors (Lipinski definition) is 4. The van der Waals surface area contributed by atoms with E-state index in [1.807, 2.05) is 436 Å². The van der Waals surface area contributed by atoms with Crippen molar-refractivity contribution in [1.82, 2.24) is 18.3 Å². The van der Waals surface area contributed by atoms with Crippen LogP contribution in [-0.2, 0) is 70.5 Å². The van der Waals surface area contributed by atoms with Gasteiger partial charge in [-0.2, -0.15) is 10.2 Å². The molecule has 7 aromatic carbocycles. The molecule has 28 nitrogen and oxygen atoms in total. The highest BCUT2D eigenvalue weighted by molar-refractivity contribution is 5.80. The van der Waals surface area contributed by atoms with Gasteiger partial charge in [-0.3, -0.25) is 10.0 Å². The van der Waals surface area contributed by atoms with E-state index in [1.165, 1.54) is 0 Å². The molecule has 0 aliphatic heterocycles. The molecule has 0 aliphatic carbocycles. The number of anilines is 8. The Morgan fingerprint density at radius 3 is 0.931 bits per heavy atom. The fourth-order valence-corrected chi connectivity index (χ4v) is 9.78. The summed E-state index contributed by atoms with van der Waals surface area (Å²) in [6, 6.07) is 64.4. The molecule has 0 saturated heterocycles. The summed E-state index contributed by atoms with van der Waals surface area (Å²) in [5, 5.41) is 52.6. The van der Waals surface area contributed by atoms with Crippen LogP contribution in [0.4, 0.5) is 92.0 Å². The Bertz CT molecular complexity index is 5030. The number of aryl methyl sites for hydroxylation is 10. The summed E-state index contributed by atoms with van der Waals surface area (Å²) < 4.78 is 24.5. The van der Waals surface area contributed by atoms with Crippen molar-refractivity contribution in [2.45, 2.75) is 44.6 Å². The third kappa shape index (κ3) is 31.5. The largest absolute Gasteiger partial charge is 0.497 e. The molecule has 0 fully saturated rings. The number of methoxy groups -OCH3 is 1. The first-order valence-electron chi connectivity index (χ1n) is 35.0. The van der Waals surface area contributed by atoms with Gasteiger partial charge >= 0.3 is 23.8 Å². The number of rotatable bonds is 19. The topological polar surface area (TPSA) is 262 Å². The Balaban J connectivity index is 0.000000469. The zero-order chi connectivity index (χ0) is 78.9. The van der Waals surface area contributed by atoms with E-state index in [4.69, 9.17) is 16.2 Å². The Kier molecular flexibility index (Phi) is 42.2.